The summed E-state index contributed by atoms with van der Waals surface area (Å²) in [5.74, 6) is 1.39. The number of ether oxygens (including phenoxy) is 2. The molecule has 7 rings (SSSR count). The number of hydrogen-bond donors (Lipinski definition) is 1. The summed E-state index contributed by atoms with van der Waals surface area (Å²) in [4.78, 5) is 44.6. The van der Waals surface area contributed by atoms with Gasteiger partial charge in [-0.05, 0) is 32.1 Å². The molecule has 1 aliphatic carbocycles. The fourth-order valence-corrected chi connectivity index (χ4v) is 8.09. The summed E-state index contributed by atoms with van der Waals surface area (Å²) in [6, 6.07) is 11.7. The molecule has 1 spiro atoms. The first-order chi connectivity index (χ1) is 23.8. The fraction of sp³-hybridized carbons (Fsp3) is 0.405. The predicted molar refractivity (Wildman–Crippen MR) is 188 cm³/mol. The van der Waals surface area contributed by atoms with Crippen LogP contribution in [0.3, 0.4) is 0 Å². The minimum Gasteiger partial charge on any atom is -0.480 e. The van der Waals surface area contributed by atoms with Crippen LogP contribution in [0.5, 0.6) is 11.8 Å². The minimum atomic E-state index is 0.123. The Hall–Kier alpha value is -4.12. The van der Waals surface area contributed by atoms with Crippen LogP contribution >= 0.6 is 23.2 Å². The number of carbonyl (C=O) groups excluding carboxylic acids is 2. The van der Waals surface area contributed by atoms with E-state index in [4.69, 9.17) is 47.6 Å². The second kappa shape index (κ2) is 14.0. The normalized spacial score (nSPS) is 18.5. The molecule has 3 fully saturated rings. The van der Waals surface area contributed by atoms with Gasteiger partial charge < -0.3 is 14.8 Å². The third kappa shape index (κ3) is 6.87. The highest BCUT2D eigenvalue weighted by molar-refractivity contribution is 6.39. The number of methoxy groups -OCH3 is 2. The van der Waals surface area contributed by atoms with Crippen molar-refractivity contribution in [3.05, 3.63) is 70.2 Å². The summed E-state index contributed by atoms with van der Waals surface area (Å²) in [7, 11) is 3.18. The maximum absolute atomic E-state index is 11.8. The number of amides is 1. The van der Waals surface area contributed by atoms with Crippen LogP contribution < -0.4 is 14.8 Å². The highest BCUT2D eigenvalue weighted by Crippen LogP contribution is 2.45. The Labute approximate surface area is 295 Å². The summed E-state index contributed by atoms with van der Waals surface area (Å²) < 4.78 is 11.3. The maximum atomic E-state index is 11.8. The van der Waals surface area contributed by atoms with Gasteiger partial charge in [0.15, 0.2) is 0 Å². The van der Waals surface area contributed by atoms with E-state index in [1.807, 2.05) is 36.4 Å². The number of rotatable bonds is 11. The van der Waals surface area contributed by atoms with Crippen LogP contribution in [0.15, 0.2) is 48.8 Å². The van der Waals surface area contributed by atoms with Crippen LogP contribution in [-0.2, 0) is 22.6 Å². The van der Waals surface area contributed by atoms with E-state index in [1.54, 1.807) is 26.6 Å². The zero-order valence-corrected chi connectivity index (χ0v) is 29.1. The smallest absolute Gasteiger partial charge is 0.237 e. The second-order valence-electron chi connectivity index (χ2n) is 13.3. The van der Waals surface area contributed by atoms with Gasteiger partial charge >= 0.3 is 0 Å². The summed E-state index contributed by atoms with van der Waals surface area (Å²) in [6.07, 6.45) is 9.71. The quantitative estimate of drug-likeness (QED) is 0.181. The van der Waals surface area contributed by atoms with Crippen LogP contribution in [0, 0.1) is 5.41 Å². The molecular weight excluding hydrogens is 663 g/mol. The summed E-state index contributed by atoms with van der Waals surface area (Å²) >= 11 is 14.1. The largest absolute Gasteiger partial charge is 0.480 e. The van der Waals surface area contributed by atoms with Crippen molar-refractivity contribution in [2.45, 2.75) is 64.0 Å². The zero-order valence-electron chi connectivity index (χ0n) is 27.6. The number of Topliss-reactive ketones (excluding diaryl/α,β-unsaturated/α-hetero) is 1. The van der Waals surface area contributed by atoms with E-state index in [9.17, 15) is 9.59 Å². The Balaban J connectivity index is 1.10. The van der Waals surface area contributed by atoms with Gasteiger partial charge in [0, 0.05) is 72.6 Å². The molecule has 2 aromatic carbocycles. The van der Waals surface area contributed by atoms with Gasteiger partial charge in [0.2, 0.25) is 17.7 Å². The van der Waals surface area contributed by atoms with Crippen LogP contribution in [0.1, 0.15) is 56.3 Å². The number of likely N-dealkylation sites (tertiary alicyclic amines) is 1. The Kier molecular flexibility index (Phi) is 9.55. The molecule has 3 aliphatic rings. The molecule has 2 aliphatic heterocycles. The van der Waals surface area contributed by atoms with Gasteiger partial charge in [-0.25, -0.2) is 9.97 Å². The fourth-order valence-electron chi connectivity index (χ4n) is 7.44. The van der Waals surface area contributed by atoms with Gasteiger partial charge in [0.1, 0.15) is 17.2 Å². The molecule has 10 nitrogen and oxygen atoms in total. The van der Waals surface area contributed by atoms with Crippen molar-refractivity contribution in [2.24, 2.45) is 5.41 Å². The molecule has 4 heterocycles. The molecule has 1 N–H and O–H groups in total. The average Bonchev–Trinajstić information content (AvgIpc) is 3.70. The predicted octanol–water partition coefficient (Wildman–Crippen LogP) is 6.75. The Bertz CT molecular complexity index is 1910. The monoisotopic (exact) mass is 700 g/mol. The summed E-state index contributed by atoms with van der Waals surface area (Å²) in [6.45, 7) is 2.39. The van der Waals surface area contributed by atoms with Gasteiger partial charge in [-0.2, -0.15) is 0 Å². The lowest BCUT2D eigenvalue weighted by atomic mass is 9.78. The van der Waals surface area contributed by atoms with Crippen molar-refractivity contribution in [1.82, 2.24) is 30.2 Å². The van der Waals surface area contributed by atoms with Crippen molar-refractivity contribution in [2.75, 3.05) is 27.3 Å². The first kappa shape index (κ1) is 33.4. The van der Waals surface area contributed by atoms with Crippen molar-refractivity contribution in [1.29, 1.82) is 0 Å². The second-order valence-corrected chi connectivity index (χ2v) is 14.1. The van der Waals surface area contributed by atoms with E-state index < -0.39 is 0 Å². The Morgan fingerprint density at radius 2 is 1.45 bits per heavy atom. The molecule has 2 aromatic heterocycles. The topological polar surface area (TPSA) is 119 Å². The number of halogens is 2. The van der Waals surface area contributed by atoms with E-state index in [2.05, 4.69) is 15.2 Å². The summed E-state index contributed by atoms with van der Waals surface area (Å²) in [5, 5.41) is 3.98. The molecule has 2 saturated heterocycles. The zero-order chi connectivity index (χ0) is 34.1. The minimum absolute atomic E-state index is 0.123. The van der Waals surface area contributed by atoms with Gasteiger partial charge in [-0.1, -0.05) is 59.6 Å². The Morgan fingerprint density at radius 1 is 0.857 bits per heavy atom. The lowest BCUT2D eigenvalue weighted by molar-refractivity contribution is -0.120. The molecule has 12 heteroatoms. The number of benzene rings is 2. The lowest BCUT2D eigenvalue weighted by Crippen LogP contribution is -2.54. The van der Waals surface area contributed by atoms with E-state index in [0.717, 1.165) is 61.3 Å². The Morgan fingerprint density at radius 3 is 2.00 bits per heavy atom. The van der Waals surface area contributed by atoms with Gasteiger partial charge in [-0.15, -0.1) is 0 Å². The number of aromatic nitrogens is 4. The summed E-state index contributed by atoms with van der Waals surface area (Å²) in [5.41, 5.74) is 5.71. The van der Waals surface area contributed by atoms with Crippen LogP contribution in [-0.4, -0.2) is 69.9 Å². The number of carbonyl (C=O) groups is 2. The molecule has 49 heavy (non-hydrogen) atoms. The number of ketones is 1. The van der Waals surface area contributed by atoms with Crippen molar-refractivity contribution in [3.63, 3.8) is 0 Å². The maximum Gasteiger partial charge on any atom is 0.237 e. The van der Waals surface area contributed by atoms with Crippen LogP contribution in [0.2, 0.25) is 10.0 Å². The molecule has 254 valence electrons. The van der Waals surface area contributed by atoms with E-state index in [-0.39, 0.29) is 17.4 Å². The molecule has 4 aromatic rings. The molecule has 0 radical (unpaired) electrons. The molecule has 0 bridgehead atoms. The number of nitrogens with one attached hydrogen (secondary N) is 1. The van der Waals surface area contributed by atoms with Crippen molar-refractivity contribution in [3.8, 4) is 45.4 Å². The molecule has 1 atom stereocenters. The molecule has 1 amide bonds. The third-order valence-electron chi connectivity index (χ3n) is 9.90. The highest BCUT2D eigenvalue weighted by Gasteiger charge is 2.47. The first-order valence-electron chi connectivity index (χ1n) is 16.7. The average molecular weight is 702 g/mol. The highest BCUT2D eigenvalue weighted by atomic mass is 35.5. The third-order valence-corrected chi connectivity index (χ3v) is 10.7. The number of nitrogens with zero attached hydrogens (tertiary/aromatic N) is 5. The van der Waals surface area contributed by atoms with Crippen LogP contribution in [0.25, 0.3) is 33.6 Å². The number of hydrogen-bond acceptors (Lipinski definition) is 9. The van der Waals surface area contributed by atoms with Crippen LogP contribution in [0.4, 0.5) is 0 Å². The van der Waals surface area contributed by atoms with Crippen molar-refractivity contribution >= 4 is 34.9 Å². The van der Waals surface area contributed by atoms with E-state index >= 15 is 0 Å². The van der Waals surface area contributed by atoms with Gasteiger partial charge in [0.05, 0.1) is 48.0 Å². The standard InChI is InChI=1S/C37H38Cl2N6O4/c1-48-35-28(11-3-6-22-12-13-32(47)42-22)40-17-29(43-35)26-9-4-7-24(33(26)38)25-8-5-10-27(34(25)39)30-18-41-31(36(44-30)49-2)19-45-20-37(21-45)15-14-23(46)16-37/h4-5,7-10,17-18,22H,3,6,11-16,19-21H2,1-2H3,(H,42,47)/t22-/m1/s1. The van der Waals surface area contributed by atoms with E-state index in [1.165, 1.54) is 0 Å². The van der Waals surface area contributed by atoms with Gasteiger partial charge in [-0.3, -0.25) is 24.5 Å². The lowest BCUT2D eigenvalue weighted by Gasteiger charge is -2.47. The molecular formula is C37H38Cl2N6O4. The van der Waals surface area contributed by atoms with E-state index in [0.29, 0.717) is 82.3 Å². The van der Waals surface area contributed by atoms with Gasteiger partial charge in [0.25, 0.3) is 0 Å². The first-order valence-corrected chi connectivity index (χ1v) is 17.4. The van der Waals surface area contributed by atoms with Crippen molar-refractivity contribution < 1.29 is 19.1 Å². The number of aryl methyl sites for hydroxylation is 1. The molecule has 1 saturated carbocycles. The molecule has 0 unspecified atom stereocenters. The SMILES string of the molecule is COc1nc(-c2cccc(-c3cccc(-c4cnc(CN5CC6(CCC(=O)C6)C5)c(OC)n4)c3Cl)c2Cl)cnc1CCC[C@@H]1CCC(=O)N1.